The zero-order valence-electron chi connectivity index (χ0n) is 13.5. The molecule has 5 heteroatoms. The maximum atomic E-state index is 12.2. The van der Waals surface area contributed by atoms with Crippen molar-refractivity contribution in [2.75, 3.05) is 24.3 Å². The van der Waals surface area contributed by atoms with Gasteiger partial charge in [0.05, 0.1) is 5.75 Å². The van der Waals surface area contributed by atoms with Crippen LogP contribution in [0.3, 0.4) is 0 Å². The summed E-state index contributed by atoms with van der Waals surface area (Å²) >= 11 is 1.52. The Morgan fingerprint density at radius 2 is 1.72 bits per heavy atom. The maximum Gasteiger partial charge on any atom is 0.234 e. The minimum atomic E-state index is -0.0464. The monoisotopic (exact) mass is 351 g/mol. The Morgan fingerprint density at radius 1 is 0.920 bits per heavy atom. The first-order valence-electron chi connectivity index (χ1n) is 8.09. The van der Waals surface area contributed by atoms with Crippen LogP contribution in [-0.2, 0) is 4.79 Å². The van der Waals surface area contributed by atoms with E-state index in [0.717, 1.165) is 10.6 Å². The van der Waals surface area contributed by atoms with E-state index in [1.54, 1.807) is 6.07 Å². The molecular formula is C20H17NO3S. The van der Waals surface area contributed by atoms with Gasteiger partial charge in [0, 0.05) is 16.6 Å². The molecule has 126 valence electrons. The first kappa shape index (κ1) is 15.8. The smallest absolute Gasteiger partial charge is 0.234 e. The van der Waals surface area contributed by atoms with Crippen molar-refractivity contribution in [1.29, 1.82) is 0 Å². The van der Waals surface area contributed by atoms with Gasteiger partial charge in [-0.2, -0.15) is 0 Å². The number of fused-ring (bicyclic) bond motifs is 2. The van der Waals surface area contributed by atoms with E-state index in [2.05, 4.69) is 29.6 Å². The Kier molecular flexibility index (Phi) is 4.48. The number of anilines is 1. The molecule has 1 N–H and O–H groups in total. The molecule has 4 rings (SSSR count). The summed E-state index contributed by atoms with van der Waals surface area (Å²) in [6.07, 6.45) is 0. The van der Waals surface area contributed by atoms with Crippen LogP contribution in [0, 0.1) is 0 Å². The third kappa shape index (κ3) is 3.72. The van der Waals surface area contributed by atoms with Gasteiger partial charge >= 0.3 is 0 Å². The van der Waals surface area contributed by atoms with E-state index in [4.69, 9.17) is 9.47 Å². The second-order valence-corrected chi connectivity index (χ2v) is 6.75. The third-order valence-electron chi connectivity index (χ3n) is 3.92. The molecule has 0 unspecified atom stereocenters. The summed E-state index contributed by atoms with van der Waals surface area (Å²) in [6.45, 7) is 1.09. The van der Waals surface area contributed by atoms with Crippen molar-refractivity contribution in [3.8, 4) is 11.5 Å². The van der Waals surface area contributed by atoms with Gasteiger partial charge in [0.2, 0.25) is 5.91 Å². The lowest BCUT2D eigenvalue weighted by atomic mass is 10.1. The molecule has 3 aromatic carbocycles. The number of hydrogen-bond donors (Lipinski definition) is 1. The average Bonchev–Trinajstić information content (AvgIpc) is 2.66. The van der Waals surface area contributed by atoms with Crippen LogP contribution < -0.4 is 14.8 Å². The lowest BCUT2D eigenvalue weighted by molar-refractivity contribution is -0.113. The fraction of sp³-hybridized carbons (Fsp3) is 0.150. The van der Waals surface area contributed by atoms with Gasteiger partial charge in [0.1, 0.15) is 13.2 Å². The number of carbonyl (C=O) groups excluding carboxylic acids is 1. The van der Waals surface area contributed by atoms with Crippen LogP contribution in [0.2, 0.25) is 0 Å². The summed E-state index contributed by atoms with van der Waals surface area (Å²) in [5.74, 6) is 1.70. The fourth-order valence-corrected chi connectivity index (χ4v) is 3.47. The summed E-state index contributed by atoms with van der Waals surface area (Å²) in [5.41, 5.74) is 0.716. The van der Waals surface area contributed by atoms with E-state index < -0.39 is 0 Å². The van der Waals surface area contributed by atoms with Crippen molar-refractivity contribution in [1.82, 2.24) is 0 Å². The number of carbonyl (C=O) groups is 1. The highest BCUT2D eigenvalue weighted by Gasteiger charge is 2.13. The van der Waals surface area contributed by atoms with Crippen LogP contribution in [0.1, 0.15) is 0 Å². The SMILES string of the molecule is O=C(CSc1ccc2ccccc2c1)Nc1ccc2c(c1)OCCO2. The minimum absolute atomic E-state index is 0.0464. The second-order valence-electron chi connectivity index (χ2n) is 5.70. The summed E-state index contributed by atoms with van der Waals surface area (Å²) in [6, 6.07) is 19.9. The van der Waals surface area contributed by atoms with Gasteiger partial charge in [-0.15, -0.1) is 11.8 Å². The molecule has 1 aliphatic heterocycles. The molecule has 4 nitrogen and oxygen atoms in total. The van der Waals surface area contributed by atoms with Crippen LogP contribution in [0.15, 0.2) is 65.6 Å². The standard InChI is InChI=1S/C20H17NO3S/c22-20(21-16-6-8-18-19(12-16)24-10-9-23-18)13-25-17-7-5-14-3-1-2-4-15(14)11-17/h1-8,11-12H,9-10,13H2,(H,21,22). The minimum Gasteiger partial charge on any atom is -0.486 e. The largest absolute Gasteiger partial charge is 0.486 e. The highest BCUT2D eigenvalue weighted by atomic mass is 32.2. The number of benzene rings is 3. The Hall–Kier alpha value is -2.66. The molecule has 0 atom stereocenters. The van der Waals surface area contributed by atoms with Gasteiger partial charge in [0.25, 0.3) is 0 Å². The molecule has 0 spiro atoms. The van der Waals surface area contributed by atoms with Gasteiger partial charge in [-0.05, 0) is 35.0 Å². The van der Waals surface area contributed by atoms with E-state index in [9.17, 15) is 4.79 Å². The number of rotatable bonds is 4. The summed E-state index contributed by atoms with van der Waals surface area (Å²) < 4.78 is 11.0. The quantitative estimate of drug-likeness (QED) is 0.710. The molecule has 1 heterocycles. The van der Waals surface area contributed by atoms with E-state index in [-0.39, 0.29) is 5.91 Å². The molecule has 25 heavy (non-hydrogen) atoms. The topological polar surface area (TPSA) is 47.6 Å². The van der Waals surface area contributed by atoms with Crippen molar-refractivity contribution in [2.45, 2.75) is 4.90 Å². The Labute approximate surface area is 150 Å². The molecule has 0 aromatic heterocycles. The predicted molar refractivity (Wildman–Crippen MR) is 101 cm³/mol. The van der Waals surface area contributed by atoms with Gasteiger partial charge in [-0.1, -0.05) is 30.3 Å². The molecular weight excluding hydrogens is 334 g/mol. The summed E-state index contributed by atoms with van der Waals surface area (Å²) in [4.78, 5) is 13.3. The number of thioether (sulfide) groups is 1. The average molecular weight is 351 g/mol. The van der Waals surface area contributed by atoms with Crippen LogP contribution in [0.5, 0.6) is 11.5 Å². The summed E-state index contributed by atoms with van der Waals surface area (Å²) in [7, 11) is 0. The fourth-order valence-electron chi connectivity index (χ4n) is 2.72. The van der Waals surface area contributed by atoms with Gasteiger partial charge in [-0.3, -0.25) is 4.79 Å². The molecule has 1 aliphatic rings. The predicted octanol–water partition coefficient (Wildman–Crippen LogP) is 4.34. The van der Waals surface area contributed by atoms with Crippen molar-refractivity contribution < 1.29 is 14.3 Å². The highest BCUT2D eigenvalue weighted by Crippen LogP contribution is 2.32. The zero-order chi connectivity index (χ0) is 17.1. The van der Waals surface area contributed by atoms with Crippen LogP contribution in [0.25, 0.3) is 10.8 Å². The molecule has 1 amide bonds. The summed E-state index contributed by atoms with van der Waals surface area (Å²) in [5, 5.41) is 5.29. The first-order chi connectivity index (χ1) is 12.3. The Balaban J connectivity index is 1.38. The number of nitrogens with one attached hydrogen (secondary N) is 1. The lowest BCUT2D eigenvalue weighted by Gasteiger charge is -2.19. The molecule has 0 bridgehead atoms. The molecule has 3 aromatic rings. The Morgan fingerprint density at radius 3 is 2.60 bits per heavy atom. The zero-order valence-corrected chi connectivity index (χ0v) is 14.3. The van der Waals surface area contributed by atoms with E-state index >= 15 is 0 Å². The number of amides is 1. The van der Waals surface area contributed by atoms with Crippen molar-refractivity contribution in [3.05, 3.63) is 60.7 Å². The third-order valence-corrected chi connectivity index (χ3v) is 4.91. The van der Waals surface area contributed by atoms with Gasteiger partial charge < -0.3 is 14.8 Å². The van der Waals surface area contributed by atoms with Gasteiger partial charge in [-0.25, -0.2) is 0 Å². The number of hydrogen-bond acceptors (Lipinski definition) is 4. The van der Waals surface area contributed by atoms with Crippen molar-refractivity contribution >= 4 is 34.1 Å². The maximum absolute atomic E-state index is 12.2. The first-order valence-corrected chi connectivity index (χ1v) is 9.08. The normalized spacial score (nSPS) is 12.8. The van der Waals surface area contributed by atoms with Crippen LogP contribution >= 0.6 is 11.8 Å². The number of ether oxygens (including phenoxy) is 2. The second kappa shape index (κ2) is 7.07. The molecule has 0 fully saturated rings. The van der Waals surface area contributed by atoms with E-state index in [1.165, 1.54) is 22.5 Å². The van der Waals surface area contributed by atoms with Crippen LogP contribution in [0.4, 0.5) is 5.69 Å². The molecule has 0 aliphatic carbocycles. The molecule has 0 saturated carbocycles. The van der Waals surface area contributed by atoms with Crippen LogP contribution in [-0.4, -0.2) is 24.9 Å². The van der Waals surface area contributed by atoms with Crippen molar-refractivity contribution in [2.24, 2.45) is 0 Å². The highest BCUT2D eigenvalue weighted by molar-refractivity contribution is 8.00. The molecule has 0 radical (unpaired) electrons. The van der Waals surface area contributed by atoms with E-state index in [0.29, 0.717) is 30.4 Å². The molecule has 0 saturated heterocycles. The Bertz CT molecular complexity index is 926. The van der Waals surface area contributed by atoms with Crippen molar-refractivity contribution in [3.63, 3.8) is 0 Å². The van der Waals surface area contributed by atoms with E-state index in [1.807, 2.05) is 30.3 Å². The lowest BCUT2D eigenvalue weighted by Crippen LogP contribution is -2.17. The van der Waals surface area contributed by atoms with Gasteiger partial charge in [0.15, 0.2) is 11.5 Å².